The van der Waals surface area contributed by atoms with Gasteiger partial charge < -0.3 is 5.11 Å². The van der Waals surface area contributed by atoms with Crippen LogP contribution in [-0.2, 0) is 9.84 Å². The lowest BCUT2D eigenvalue weighted by atomic mass is 10.1. The van der Waals surface area contributed by atoms with E-state index in [0.29, 0.717) is 0 Å². The summed E-state index contributed by atoms with van der Waals surface area (Å²) in [5.74, 6) is 0. The lowest BCUT2D eigenvalue weighted by Gasteiger charge is -2.16. The Kier molecular flexibility index (Phi) is 7.53. The first-order chi connectivity index (χ1) is 10.2. The smallest absolute Gasteiger partial charge is 0.194 e. The zero-order chi connectivity index (χ0) is 16.8. The molecule has 0 aromatic heterocycles. The van der Waals surface area contributed by atoms with Crippen molar-refractivity contribution < 1.29 is 13.5 Å². The van der Waals surface area contributed by atoms with Gasteiger partial charge in [0.1, 0.15) is 4.16 Å². The fourth-order valence-electron chi connectivity index (χ4n) is 1.96. The molecule has 0 heterocycles. The molecule has 0 aliphatic rings. The maximum atomic E-state index is 12.4. The van der Waals surface area contributed by atoms with E-state index in [1.165, 1.54) is 17.7 Å². The van der Waals surface area contributed by atoms with Crippen molar-refractivity contribution in [2.75, 3.05) is 0 Å². The number of hydrogen-bond donors (Lipinski definition) is 1. The Morgan fingerprint density at radius 1 is 1.23 bits per heavy atom. The van der Waals surface area contributed by atoms with E-state index >= 15 is 0 Å². The quantitative estimate of drug-likeness (QED) is 0.563. The van der Waals surface area contributed by atoms with Gasteiger partial charge in [0.05, 0.1) is 11.0 Å². The number of sulfone groups is 1. The monoisotopic (exact) mass is 386 g/mol. The van der Waals surface area contributed by atoms with Gasteiger partial charge in [-0.05, 0) is 45.7 Å². The Morgan fingerprint density at radius 3 is 2.36 bits per heavy atom. The summed E-state index contributed by atoms with van der Waals surface area (Å²) in [6, 6.07) is 8.15. The van der Waals surface area contributed by atoms with E-state index in [-0.39, 0.29) is 4.90 Å². The number of benzene rings is 1. The summed E-state index contributed by atoms with van der Waals surface area (Å²) in [7, 11) is -3.61. The van der Waals surface area contributed by atoms with Crippen LogP contribution < -0.4 is 0 Å². The minimum absolute atomic E-state index is 0.200. The Balaban J connectivity index is 2.80. The van der Waals surface area contributed by atoms with Gasteiger partial charge >= 0.3 is 0 Å². The fraction of sp³-hybridized carbons (Fsp3) is 0.412. The minimum atomic E-state index is -3.61. The first kappa shape index (κ1) is 19.1. The van der Waals surface area contributed by atoms with Gasteiger partial charge in [0.15, 0.2) is 9.84 Å². The number of aliphatic hydroxyl groups excluding tert-OH is 1. The average Bonchev–Trinajstić information content (AvgIpc) is 2.46. The third-order valence-corrected chi connectivity index (χ3v) is 7.00. The van der Waals surface area contributed by atoms with Gasteiger partial charge in [-0.2, -0.15) is 0 Å². The van der Waals surface area contributed by atoms with Crippen LogP contribution in [-0.4, -0.2) is 23.8 Å². The predicted molar refractivity (Wildman–Crippen MR) is 94.8 cm³/mol. The summed E-state index contributed by atoms with van der Waals surface area (Å²) in [4.78, 5) is 0.200. The lowest BCUT2D eigenvalue weighted by molar-refractivity contribution is 0.238. The van der Waals surface area contributed by atoms with Gasteiger partial charge in [-0.3, -0.25) is 0 Å². The molecule has 1 aromatic carbocycles. The molecule has 0 amide bonds. The van der Waals surface area contributed by atoms with Gasteiger partial charge in [0.25, 0.3) is 0 Å². The van der Waals surface area contributed by atoms with E-state index in [1.54, 1.807) is 24.3 Å². The van der Waals surface area contributed by atoms with Crippen molar-refractivity contribution in [1.29, 1.82) is 0 Å². The van der Waals surface area contributed by atoms with E-state index in [9.17, 15) is 13.5 Å². The molecule has 0 aliphatic heterocycles. The molecule has 0 saturated carbocycles. The average molecular weight is 387 g/mol. The molecule has 0 bridgehead atoms. The molecule has 0 radical (unpaired) electrons. The molecule has 2 atom stereocenters. The van der Waals surface area contributed by atoms with E-state index < -0.39 is 20.1 Å². The van der Waals surface area contributed by atoms with E-state index in [1.807, 2.05) is 20.8 Å². The number of aliphatic hydroxyl groups is 1. The summed E-state index contributed by atoms with van der Waals surface area (Å²) in [6.45, 7) is 5.97. The summed E-state index contributed by atoms with van der Waals surface area (Å²) in [6.07, 6.45) is 4.33. The molecule has 0 spiro atoms. The maximum absolute atomic E-state index is 12.4. The molecule has 1 aromatic rings. The largest absolute Gasteiger partial charge is 0.387 e. The van der Waals surface area contributed by atoms with Crippen molar-refractivity contribution in [2.24, 2.45) is 0 Å². The molecule has 22 heavy (non-hydrogen) atoms. The summed E-state index contributed by atoms with van der Waals surface area (Å²) in [5.41, 5.74) is 2.22. The van der Waals surface area contributed by atoms with Crippen molar-refractivity contribution in [3.8, 4) is 0 Å². The van der Waals surface area contributed by atoms with Crippen molar-refractivity contribution >= 4 is 25.8 Å². The van der Waals surface area contributed by atoms with E-state index in [2.05, 4.69) is 22.0 Å². The van der Waals surface area contributed by atoms with Gasteiger partial charge in [-0.25, -0.2) is 8.42 Å². The van der Waals surface area contributed by atoms with Crippen LogP contribution in [0.1, 0.15) is 33.6 Å². The second-order valence-corrected chi connectivity index (χ2v) is 9.19. The lowest BCUT2D eigenvalue weighted by Crippen LogP contribution is -2.27. The van der Waals surface area contributed by atoms with Gasteiger partial charge in [0, 0.05) is 0 Å². The number of halogens is 1. The van der Waals surface area contributed by atoms with Crippen LogP contribution in [0, 0.1) is 0 Å². The molecule has 122 valence electrons. The second-order valence-electron chi connectivity index (χ2n) is 5.53. The molecule has 1 rings (SSSR count). The van der Waals surface area contributed by atoms with Crippen molar-refractivity contribution in [2.45, 2.75) is 48.8 Å². The number of hydrogen-bond acceptors (Lipinski definition) is 3. The summed E-state index contributed by atoms with van der Waals surface area (Å²) < 4.78 is 23.8. The third kappa shape index (κ3) is 5.71. The maximum Gasteiger partial charge on any atom is 0.194 e. The van der Waals surface area contributed by atoms with Crippen LogP contribution in [0.3, 0.4) is 0 Å². The Labute approximate surface area is 141 Å². The van der Waals surface area contributed by atoms with Crippen LogP contribution in [0.4, 0.5) is 0 Å². The predicted octanol–water partition coefficient (Wildman–Crippen LogP) is 4.23. The highest BCUT2D eigenvalue weighted by molar-refractivity contribution is 9.11. The zero-order valence-electron chi connectivity index (χ0n) is 13.2. The summed E-state index contributed by atoms with van der Waals surface area (Å²) >= 11 is 3.13. The normalized spacial score (nSPS) is 15.2. The number of allylic oxidation sites excluding steroid dienone is 3. The summed E-state index contributed by atoms with van der Waals surface area (Å²) in [5, 5.41) is 10.2. The number of alkyl halides is 1. The highest BCUT2D eigenvalue weighted by atomic mass is 79.9. The van der Waals surface area contributed by atoms with Crippen molar-refractivity contribution in [1.82, 2.24) is 0 Å². The highest BCUT2D eigenvalue weighted by Gasteiger charge is 2.30. The second kappa shape index (κ2) is 8.65. The molecule has 5 heteroatoms. The standard InChI is InChI=1S/C17H23BrO3S/c1-13(2)8-7-9-14(3)12-16(19)17(18)22(20,21)15-10-5-4-6-11-15/h4-6,8,10-12,16-17,19H,7,9H2,1-3H3/b14-12+. The van der Waals surface area contributed by atoms with Gasteiger partial charge in [-0.1, -0.05) is 57.4 Å². The molecule has 1 N–H and O–H groups in total. The SMILES string of the molecule is CC(C)=CCC/C(C)=C/C(O)C(Br)S(=O)(=O)c1ccccc1. The molecule has 0 saturated heterocycles. The van der Waals surface area contributed by atoms with Crippen LogP contribution in [0.15, 0.2) is 58.5 Å². The van der Waals surface area contributed by atoms with Crippen molar-refractivity contribution in [3.05, 3.63) is 53.6 Å². The van der Waals surface area contributed by atoms with Crippen LogP contribution in [0.5, 0.6) is 0 Å². The van der Waals surface area contributed by atoms with E-state index in [4.69, 9.17) is 0 Å². The first-order valence-electron chi connectivity index (χ1n) is 7.17. The van der Waals surface area contributed by atoms with Crippen LogP contribution >= 0.6 is 15.9 Å². The van der Waals surface area contributed by atoms with Crippen molar-refractivity contribution in [3.63, 3.8) is 0 Å². The topological polar surface area (TPSA) is 54.4 Å². The van der Waals surface area contributed by atoms with Gasteiger partial charge in [-0.15, -0.1) is 0 Å². The Bertz CT molecular complexity index is 629. The number of rotatable bonds is 7. The molecule has 0 fully saturated rings. The highest BCUT2D eigenvalue weighted by Crippen LogP contribution is 2.24. The molecule has 3 nitrogen and oxygen atoms in total. The van der Waals surface area contributed by atoms with E-state index in [0.717, 1.165) is 18.4 Å². The first-order valence-corrected chi connectivity index (χ1v) is 9.63. The van der Waals surface area contributed by atoms with Crippen LogP contribution in [0.25, 0.3) is 0 Å². The molecule has 2 unspecified atom stereocenters. The van der Waals surface area contributed by atoms with Gasteiger partial charge in [0.2, 0.25) is 0 Å². The third-order valence-electron chi connectivity index (χ3n) is 3.18. The van der Waals surface area contributed by atoms with Crippen LogP contribution in [0.2, 0.25) is 0 Å². The zero-order valence-corrected chi connectivity index (χ0v) is 15.6. The fourth-order valence-corrected chi connectivity index (χ4v) is 4.00. The molecular weight excluding hydrogens is 364 g/mol. The molecule has 0 aliphatic carbocycles. The molecular formula is C17H23BrO3S. The Hall–Kier alpha value is -0.910. The minimum Gasteiger partial charge on any atom is -0.387 e. The Morgan fingerprint density at radius 2 is 1.82 bits per heavy atom.